The molecule has 0 fully saturated rings. The minimum Gasteiger partial charge on any atom is -0.481 e. The van der Waals surface area contributed by atoms with Gasteiger partial charge in [-0.2, -0.15) is 0 Å². The van der Waals surface area contributed by atoms with Crippen LogP contribution in [0.4, 0.5) is 0 Å². The van der Waals surface area contributed by atoms with Crippen LogP contribution >= 0.6 is 0 Å². The summed E-state index contributed by atoms with van der Waals surface area (Å²) in [4.78, 5) is 96.6. The molecule has 12 N–H and O–H groups in total. The highest BCUT2D eigenvalue weighted by Crippen LogP contribution is 2.09. The Bertz CT molecular complexity index is 1040. The van der Waals surface area contributed by atoms with Crippen LogP contribution in [-0.2, 0) is 38.4 Å². The largest absolute Gasteiger partial charge is 0.481 e. The van der Waals surface area contributed by atoms with Crippen molar-refractivity contribution in [3.05, 3.63) is 0 Å². The molecule has 0 aromatic carbocycles. The molecular weight excluding hydrogens is 588 g/mol. The van der Waals surface area contributed by atoms with E-state index >= 15 is 0 Å². The van der Waals surface area contributed by atoms with E-state index in [-0.39, 0.29) is 19.4 Å². The van der Waals surface area contributed by atoms with Crippen molar-refractivity contribution in [2.75, 3.05) is 6.54 Å². The Balaban J connectivity index is 6.00. The first kappa shape index (κ1) is 39.7. The van der Waals surface area contributed by atoms with Gasteiger partial charge in [0.15, 0.2) is 0 Å². The summed E-state index contributed by atoms with van der Waals surface area (Å²) in [6, 6.07) is -7.05. The second-order valence-corrected chi connectivity index (χ2v) is 10.4. The van der Waals surface area contributed by atoms with Crippen molar-refractivity contribution in [1.29, 1.82) is 0 Å². The number of amides is 4. The average Bonchev–Trinajstić information content (AvgIpc) is 2.92. The zero-order chi connectivity index (χ0) is 34.0. The first-order chi connectivity index (χ1) is 20.5. The van der Waals surface area contributed by atoms with Crippen molar-refractivity contribution in [2.45, 2.75) is 102 Å². The molecule has 4 amide bonds. The third-order valence-corrected chi connectivity index (χ3v) is 6.38. The maximum atomic E-state index is 13.3. The minimum atomic E-state index is -1.58. The molecule has 0 bridgehead atoms. The number of hydrogen-bond acceptors (Lipinski definition) is 10. The van der Waals surface area contributed by atoms with Gasteiger partial charge in [0.25, 0.3) is 0 Å². The van der Waals surface area contributed by atoms with E-state index < -0.39 is 116 Å². The number of nitrogens with two attached hydrogens (primary N) is 2. The number of rotatable bonds is 23. The van der Waals surface area contributed by atoms with E-state index in [9.17, 15) is 43.5 Å². The number of nitrogens with one attached hydrogen (secondary N) is 4. The molecule has 0 heterocycles. The Morgan fingerprint density at radius 2 is 0.955 bits per heavy atom. The predicted molar refractivity (Wildman–Crippen MR) is 152 cm³/mol. The molecule has 0 aromatic heterocycles. The van der Waals surface area contributed by atoms with Crippen LogP contribution in [0.3, 0.4) is 0 Å². The first-order valence-corrected chi connectivity index (χ1v) is 14.0. The van der Waals surface area contributed by atoms with Crippen LogP contribution < -0.4 is 32.7 Å². The highest BCUT2D eigenvalue weighted by Gasteiger charge is 2.32. The number of unbranched alkanes of at least 4 members (excludes halogenated alkanes) is 1. The van der Waals surface area contributed by atoms with Crippen LogP contribution in [0.2, 0.25) is 0 Å². The second-order valence-electron chi connectivity index (χ2n) is 10.4. The fraction of sp³-hybridized carbons (Fsp3) is 0.692. The molecule has 0 saturated heterocycles. The molecule has 0 radical (unpaired) electrons. The van der Waals surface area contributed by atoms with Gasteiger partial charge in [0.1, 0.15) is 24.2 Å². The average molecular weight is 633 g/mol. The number of aliphatic carboxylic acids is 4. The molecular formula is C26H44N6O12. The zero-order valence-corrected chi connectivity index (χ0v) is 24.7. The van der Waals surface area contributed by atoms with Gasteiger partial charge in [-0.05, 0) is 51.0 Å². The number of carbonyl (C=O) groups is 8. The molecule has 18 heteroatoms. The smallest absolute Gasteiger partial charge is 0.326 e. The zero-order valence-electron chi connectivity index (χ0n) is 24.7. The lowest BCUT2D eigenvalue weighted by atomic mass is 10.0. The highest BCUT2D eigenvalue weighted by molar-refractivity contribution is 5.95. The Kier molecular flexibility index (Phi) is 18.5. The van der Waals surface area contributed by atoms with Gasteiger partial charge in [-0.3, -0.25) is 33.6 Å². The van der Waals surface area contributed by atoms with Crippen molar-refractivity contribution in [3.8, 4) is 0 Å². The number of carbonyl (C=O) groups excluding carboxylic acids is 4. The van der Waals surface area contributed by atoms with E-state index in [4.69, 9.17) is 26.8 Å². The van der Waals surface area contributed by atoms with Gasteiger partial charge in [-0.25, -0.2) is 4.79 Å². The fourth-order valence-corrected chi connectivity index (χ4v) is 3.84. The molecule has 5 atom stereocenters. The molecule has 0 aromatic rings. The van der Waals surface area contributed by atoms with Gasteiger partial charge in [-0.15, -0.1) is 0 Å². The summed E-state index contributed by atoms with van der Waals surface area (Å²) in [5.41, 5.74) is 11.2. The van der Waals surface area contributed by atoms with E-state index in [0.29, 0.717) is 12.8 Å². The molecule has 250 valence electrons. The lowest BCUT2D eigenvalue weighted by molar-refractivity contribution is -0.143. The van der Waals surface area contributed by atoms with Crippen LogP contribution in [-0.4, -0.2) is 105 Å². The molecule has 0 aliphatic rings. The van der Waals surface area contributed by atoms with Crippen LogP contribution in [0.15, 0.2) is 0 Å². The molecule has 0 saturated carbocycles. The van der Waals surface area contributed by atoms with Crippen LogP contribution in [0, 0.1) is 5.92 Å². The van der Waals surface area contributed by atoms with Crippen molar-refractivity contribution in [1.82, 2.24) is 21.3 Å². The van der Waals surface area contributed by atoms with Gasteiger partial charge in [0.05, 0.1) is 6.04 Å². The molecule has 0 rings (SSSR count). The topological polar surface area (TPSA) is 318 Å². The summed E-state index contributed by atoms with van der Waals surface area (Å²) >= 11 is 0. The van der Waals surface area contributed by atoms with Gasteiger partial charge in [-0.1, -0.05) is 13.8 Å². The Hall–Kier alpha value is -4.32. The summed E-state index contributed by atoms with van der Waals surface area (Å²) in [6.45, 7) is 3.40. The number of carboxylic acid groups (broad SMARTS) is 4. The van der Waals surface area contributed by atoms with E-state index in [1.165, 1.54) is 0 Å². The van der Waals surface area contributed by atoms with Gasteiger partial charge < -0.3 is 53.2 Å². The third-order valence-electron chi connectivity index (χ3n) is 6.38. The monoisotopic (exact) mass is 632 g/mol. The van der Waals surface area contributed by atoms with Gasteiger partial charge in [0, 0.05) is 19.3 Å². The summed E-state index contributed by atoms with van der Waals surface area (Å²) in [5, 5.41) is 45.7. The quantitative estimate of drug-likeness (QED) is 0.0531. The molecule has 44 heavy (non-hydrogen) atoms. The third kappa shape index (κ3) is 16.4. The SMILES string of the molecule is CC(C)[C@H](NC(=O)[C@H](CCCCN)NC(=O)[C@H](CCC(=O)O)NC(=O)[C@H](CCC(=O)O)NC(=O)[C@@H](N)CCC(=O)O)C(=O)O. The molecule has 0 unspecified atom stereocenters. The van der Waals surface area contributed by atoms with Gasteiger partial charge >= 0.3 is 23.9 Å². The first-order valence-electron chi connectivity index (χ1n) is 14.0. The standard InChI is InChI=1S/C26H44N6O12/c1-13(2)21(26(43)44)32-25(42)15(5-3-4-12-27)30-24(41)17(8-11-20(37)38)31-23(40)16(7-10-19(35)36)29-22(39)14(28)6-9-18(33)34/h13-17,21H,3-12,27-28H2,1-2H3,(H,29,39)(H,30,41)(H,31,40)(H,32,42)(H,33,34)(H,35,36)(H,37,38)(H,43,44)/t14-,15-,16-,17-,21-/m0/s1. The Morgan fingerprint density at radius 3 is 1.34 bits per heavy atom. The van der Waals surface area contributed by atoms with E-state index in [1.807, 2.05) is 0 Å². The molecule has 0 aliphatic carbocycles. The fourth-order valence-electron chi connectivity index (χ4n) is 3.84. The summed E-state index contributed by atoms with van der Waals surface area (Å²) < 4.78 is 0. The molecule has 0 aliphatic heterocycles. The maximum absolute atomic E-state index is 13.3. The van der Waals surface area contributed by atoms with Crippen molar-refractivity contribution < 1.29 is 58.8 Å². The van der Waals surface area contributed by atoms with Crippen LogP contribution in [0.5, 0.6) is 0 Å². The van der Waals surface area contributed by atoms with Crippen molar-refractivity contribution in [2.24, 2.45) is 17.4 Å². The van der Waals surface area contributed by atoms with Gasteiger partial charge in [0.2, 0.25) is 23.6 Å². The minimum absolute atomic E-state index is 0.0321. The number of hydrogen-bond donors (Lipinski definition) is 10. The molecule has 0 spiro atoms. The summed E-state index contributed by atoms with van der Waals surface area (Å²) in [6.07, 6.45) is -2.02. The van der Waals surface area contributed by atoms with Crippen molar-refractivity contribution >= 4 is 47.5 Å². The van der Waals surface area contributed by atoms with Crippen LogP contribution in [0.1, 0.15) is 71.6 Å². The highest BCUT2D eigenvalue weighted by atomic mass is 16.4. The summed E-state index contributed by atoms with van der Waals surface area (Å²) in [5.74, 6) is -9.52. The van der Waals surface area contributed by atoms with E-state index in [1.54, 1.807) is 13.8 Å². The van der Waals surface area contributed by atoms with Crippen LogP contribution in [0.25, 0.3) is 0 Å². The van der Waals surface area contributed by atoms with E-state index in [0.717, 1.165) is 0 Å². The molecule has 18 nitrogen and oxygen atoms in total. The second kappa shape index (κ2) is 20.6. The summed E-state index contributed by atoms with van der Waals surface area (Å²) in [7, 11) is 0. The lowest BCUT2D eigenvalue weighted by Crippen LogP contribution is -2.58. The van der Waals surface area contributed by atoms with E-state index in [2.05, 4.69) is 21.3 Å². The predicted octanol–water partition coefficient (Wildman–Crippen LogP) is -2.28. The number of carboxylic acids is 4. The Labute approximate surface area is 253 Å². The lowest BCUT2D eigenvalue weighted by Gasteiger charge is -2.27. The Morgan fingerprint density at radius 1 is 0.568 bits per heavy atom. The normalized spacial score (nSPS) is 14.3. The maximum Gasteiger partial charge on any atom is 0.326 e. The van der Waals surface area contributed by atoms with Crippen molar-refractivity contribution in [3.63, 3.8) is 0 Å².